The van der Waals surface area contributed by atoms with Crippen LogP contribution in [0.25, 0.3) is 0 Å². The highest BCUT2D eigenvalue weighted by Crippen LogP contribution is 2.16. The second-order valence-corrected chi connectivity index (χ2v) is 5.15. The standard InChI is InChI=1S/C14H19N5O2/c20-14(16-8-5-12-2-1-9-21-12)13-10-19(18-17-13)11-3-6-15-7-4-11/h1-2,9-11,15H,3-8H2,(H,16,20). The molecule has 0 aromatic carbocycles. The van der Waals surface area contributed by atoms with Gasteiger partial charge in [0.25, 0.3) is 5.91 Å². The van der Waals surface area contributed by atoms with Crippen molar-refractivity contribution in [1.29, 1.82) is 0 Å². The van der Waals surface area contributed by atoms with Crippen molar-refractivity contribution in [1.82, 2.24) is 25.6 Å². The average Bonchev–Trinajstić information content (AvgIpc) is 3.20. The van der Waals surface area contributed by atoms with Gasteiger partial charge in [-0.2, -0.15) is 0 Å². The van der Waals surface area contributed by atoms with Gasteiger partial charge in [0.15, 0.2) is 5.69 Å². The Labute approximate surface area is 122 Å². The first-order valence-corrected chi connectivity index (χ1v) is 7.26. The summed E-state index contributed by atoms with van der Waals surface area (Å²) in [6.45, 7) is 2.48. The normalized spacial score (nSPS) is 16.0. The number of nitrogens with zero attached hydrogens (tertiary/aromatic N) is 3. The summed E-state index contributed by atoms with van der Waals surface area (Å²) in [5.74, 6) is 0.662. The van der Waals surface area contributed by atoms with Gasteiger partial charge in [-0.1, -0.05) is 5.21 Å². The molecule has 2 aromatic rings. The molecule has 112 valence electrons. The number of nitrogens with one attached hydrogen (secondary N) is 2. The molecule has 0 bridgehead atoms. The molecular weight excluding hydrogens is 270 g/mol. The van der Waals surface area contributed by atoms with Gasteiger partial charge in [-0.25, -0.2) is 4.68 Å². The van der Waals surface area contributed by atoms with E-state index < -0.39 is 0 Å². The van der Waals surface area contributed by atoms with Crippen LogP contribution in [0.1, 0.15) is 35.1 Å². The Hall–Kier alpha value is -2.15. The van der Waals surface area contributed by atoms with Gasteiger partial charge in [-0.15, -0.1) is 5.10 Å². The van der Waals surface area contributed by atoms with Crippen molar-refractivity contribution in [2.24, 2.45) is 0 Å². The van der Waals surface area contributed by atoms with Crippen molar-refractivity contribution in [2.75, 3.05) is 19.6 Å². The fraction of sp³-hybridized carbons (Fsp3) is 0.500. The lowest BCUT2D eigenvalue weighted by Crippen LogP contribution is -2.29. The van der Waals surface area contributed by atoms with Crippen LogP contribution in [0.15, 0.2) is 29.0 Å². The third-order valence-electron chi connectivity index (χ3n) is 3.66. The van der Waals surface area contributed by atoms with Crippen molar-refractivity contribution >= 4 is 5.91 Å². The smallest absolute Gasteiger partial charge is 0.273 e. The van der Waals surface area contributed by atoms with E-state index in [2.05, 4.69) is 20.9 Å². The molecule has 1 amide bonds. The summed E-state index contributed by atoms with van der Waals surface area (Å²) in [6.07, 6.45) is 6.06. The number of hydrogen-bond acceptors (Lipinski definition) is 5. The fourth-order valence-corrected chi connectivity index (χ4v) is 2.48. The lowest BCUT2D eigenvalue weighted by Gasteiger charge is -2.22. The molecule has 0 radical (unpaired) electrons. The van der Waals surface area contributed by atoms with Gasteiger partial charge in [0.1, 0.15) is 5.76 Å². The molecule has 1 fully saturated rings. The molecule has 2 aromatic heterocycles. The zero-order valence-corrected chi connectivity index (χ0v) is 11.8. The highest BCUT2D eigenvalue weighted by atomic mass is 16.3. The Kier molecular flexibility index (Phi) is 4.30. The van der Waals surface area contributed by atoms with E-state index in [1.165, 1.54) is 0 Å². The van der Waals surface area contributed by atoms with Crippen LogP contribution in [-0.4, -0.2) is 40.5 Å². The number of piperidine rings is 1. The highest BCUT2D eigenvalue weighted by molar-refractivity contribution is 5.91. The van der Waals surface area contributed by atoms with Gasteiger partial charge in [-0.3, -0.25) is 4.79 Å². The molecule has 7 heteroatoms. The number of furan rings is 1. The summed E-state index contributed by atoms with van der Waals surface area (Å²) in [4.78, 5) is 12.0. The summed E-state index contributed by atoms with van der Waals surface area (Å²) in [7, 11) is 0. The van der Waals surface area contributed by atoms with Gasteiger partial charge in [-0.05, 0) is 38.1 Å². The Balaban J connectivity index is 1.51. The Morgan fingerprint density at radius 3 is 3.10 bits per heavy atom. The third kappa shape index (κ3) is 3.49. The second-order valence-electron chi connectivity index (χ2n) is 5.15. The van der Waals surface area contributed by atoms with E-state index in [4.69, 9.17) is 4.42 Å². The van der Waals surface area contributed by atoms with E-state index >= 15 is 0 Å². The van der Waals surface area contributed by atoms with Crippen LogP contribution in [-0.2, 0) is 6.42 Å². The first-order valence-electron chi connectivity index (χ1n) is 7.26. The Bertz CT molecular complexity index is 572. The molecule has 3 rings (SSSR count). The number of aromatic nitrogens is 3. The van der Waals surface area contributed by atoms with Crippen molar-refractivity contribution in [3.63, 3.8) is 0 Å². The van der Waals surface area contributed by atoms with E-state index in [-0.39, 0.29) is 5.91 Å². The first-order chi connectivity index (χ1) is 10.3. The van der Waals surface area contributed by atoms with Crippen LogP contribution < -0.4 is 10.6 Å². The van der Waals surface area contributed by atoms with Gasteiger partial charge >= 0.3 is 0 Å². The number of rotatable bonds is 5. The SMILES string of the molecule is O=C(NCCc1ccco1)c1cn(C2CCNCC2)nn1. The predicted octanol–water partition coefficient (Wildman–Crippen LogP) is 0.768. The maximum absolute atomic E-state index is 12.0. The largest absolute Gasteiger partial charge is 0.469 e. The van der Waals surface area contributed by atoms with Gasteiger partial charge in [0.05, 0.1) is 18.5 Å². The predicted molar refractivity (Wildman–Crippen MR) is 75.9 cm³/mol. The Morgan fingerprint density at radius 2 is 2.33 bits per heavy atom. The van der Waals surface area contributed by atoms with E-state index in [1.807, 2.05) is 16.8 Å². The Morgan fingerprint density at radius 1 is 1.48 bits per heavy atom. The molecule has 0 atom stereocenters. The van der Waals surface area contributed by atoms with E-state index in [9.17, 15) is 4.79 Å². The summed E-state index contributed by atoms with van der Waals surface area (Å²) >= 11 is 0. The molecule has 2 N–H and O–H groups in total. The van der Waals surface area contributed by atoms with E-state index in [1.54, 1.807) is 12.5 Å². The van der Waals surface area contributed by atoms with Crippen LogP contribution in [0, 0.1) is 0 Å². The zero-order valence-electron chi connectivity index (χ0n) is 11.8. The lowest BCUT2D eigenvalue weighted by molar-refractivity contribution is 0.0948. The summed E-state index contributed by atoms with van der Waals surface area (Å²) in [6, 6.07) is 4.06. The van der Waals surface area contributed by atoms with Crippen molar-refractivity contribution in [3.05, 3.63) is 36.0 Å². The molecule has 0 unspecified atom stereocenters. The molecule has 21 heavy (non-hydrogen) atoms. The monoisotopic (exact) mass is 289 g/mol. The summed E-state index contributed by atoms with van der Waals surface area (Å²) in [5, 5.41) is 14.2. The number of carbonyl (C=O) groups is 1. The van der Waals surface area contributed by atoms with Gasteiger partial charge in [0, 0.05) is 13.0 Å². The minimum Gasteiger partial charge on any atom is -0.469 e. The highest BCUT2D eigenvalue weighted by Gasteiger charge is 2.18. The van der Waals surface area contributed by atoms with Crippen LogP contribution in [0.4, 0.5) is 0 Å². The quantitative estimate of drug-likeness (QED) is 0.849. The van der Waals surface area contributed by atoms with E-state index in [0.717, 1.165) is 31.7 Å². The minimum atomic E-state index is -0.193. The molecule has 0 spiro atoms. The molecule has 1 aliphatic rings. The first kappa shape index (κ1) is 13.8. The van der Waals surface area contributed by atoms with Crippen molar-refractivity contribution in [2.45, 2.75) is 25.3 Å². The minimum absolute atomic E-state index is 0.193. The maximum Gasteiger partial charge on any atom is 0.273 e. The molecule has 0 aliphatic carbocycles. The zero-order chi connectivity index (χ0) is 14.5. The molecule has 0 saturated carbocycles. The fourth-order valence-electron chi connectivity index (χ4n) is 2.48. The molecule has 3 heterocycles. The van der Waals surface area contributed by atoms with Crippen molar-refractivity contribution in [3.8, 4) is 0 Å². The third-order valence-corrected chi connectivity index (χ3v) is 3.66. The maximum atomic E-state index is 12.0. The topological polar surface area (TPSA) is 85.0 Å². The lowest BCUT2D eigenvalue weighted by atomic mass is 10.1. The van der Waals surface area contributed by atoms with Crippen LogP contribution in [0.2, 0.25) is 0 Å². The van der Waals surface area contributed by atoms with Crippen LogP contribution in [0.3, 0.4) is 0 Å². The van der Waals surface area contributed by atoms with Crippen molar-refractivity contribution < 1.29 is 9.21 Å². The number of amides is 1. The van der Waals surface area contributed by atoms with Crippen LogP contribution >= 0.6 is 0 Å². The number of carbonyl (C=O) groups excluding carboxylic acids is 1. The average molecular weight is 289 g/mol. The second kappa shape index (κ2) is 6.53. The molecule has 1 saturated heterocycles. The summed E-state index contributed by atoms with van der Waals surface area (Å²) < 4.78 is 7.02. The molecule has 1 aliphatic heterocycles. The summed E-state index contributed by atoms with van der Waals surface area (Å²) in [5.41, 5.74) is 0.368. The molecular formula is C14H19N5O2. The van der Waals surface area contributed by atoms with Gasteiger partial charge < -0.3 is 15.1 Å². The van der Waals surface area contributed by atoms with Gasteiger partial charge in [0.2, 0.25) is 0 Å². The van der Waals surface area contributed by atoms with E-state index in [0.29, 0.717) is 24.7 Å². The van der Waals surface area contributed by atoms with Crippen LogP contribution in [0.5, 0.6) is 0 Å². The number of hydrogen-bond donors (Lipinski definition) is 2. The molecule has 7 nitrogen and oxygen atoms in total.